The van der Waals surface area contributed by atoms with Crippen molar-refractivity contribution in [3.8, 4) is 0 Å². The summed E-state index contributed by atoms with van der Waals surface area (Å²) in [6, 6.07) is -0.623. The van der Waals surface area contributed by atoms with Crippen LogP contribution in [0, 0.1) is 0 Å². The van der Waals surface area contributed by atoms with Gasteiger partial charge < -0.3 is 20.3 Å². The monoisotopic (exact) mass is 958 g/mol. The van der Waals surface area contributed by atoms with Crippen LogP contribution in [0.5, 0.6) is 0 Å². The Morgan fingerprint density at radius 1 is 0.397 bits per heavy atom. The fourth-order valence-electron chi connectivity index (χ4n) is 9.51. The highest BCUT2D eigenvalue weighted by molar-refractivity contribution is 5.76. The second-order valence-corrected chi connectivity index (χ2v) is 21.0. The molecule has 0 bridgehead atoms. The maximum absolute atomic E-state index is 12.4. The summed E-state index contributed by atoms with van der Waals surface area (Å²) >= 11 is 0. The zero-order chi connectivity index (χ0) is 49.3. The number of rotatable bonds is 57. The van der Waals surface area contributed by atoms with Crippen LogP contribution in [-0.4, -0.2) is 47.4 Å². The molecule has 402 valence electrons. The third-order valence-electron chi connectivity index (χ3n) is 14.2. The molecule has 0 radical (unpaired) electrons. The Morgan fingerprint density at radius 2 is 0.691 bits per heavy atom. The Bertz CT molecular complexity index is 1060. The van der Waals surface area contributed by atoms with Crippen LogP contribution in [0.4, 0.5) is 0 Å². The Labute approximate surface area is 424 Å². The predicted molar refractivity (Wildman–Crippen MR) is 296 cm³/mol. The molecule has 68 heavy (non-hydrogen) atoms. The quantitative estimate of drug-likeness (QED) is 0.0321. The number of hydrogen-bond donors (Lipinski definition) is 3. The van der Waals surface area contributed by atoms with Crippen molar-refractivity contribution in [2.75, 3.05) is 13.2 Å². The van der Waals surface area contributed by atoms with Crippen molar-refractivity contribution in [3.63, 3.8) is 0 Å². The van der Waals surface area contributed by atoms with Gasteiger partial charge >= 0.3 is 5.97 Å². The van der Waals surface area contributed by atoms with Crippen LogP contribution in [0.1, 0.15) is 335 Å². The molecular formula is C62H119NO5. The van der Waals surface area contributed by atoms with Gasteiger partial charge in [-0.1, -0.05) is 289 Å². The number of amides is 1. The van der Waals surface area contributed by atoms with Gasteiger partial charge in [0.15, 0.2) is 0 Å². The maximum Gasteiger partial charge on any atom is 0.305 e. The number of nitrogens with one attached hydrogen (secondary N) is 1. The molecule has 0 saturated carbocycles. The largest absolute Gasteiger partial charge is 0.466 e. The number of carbonyl (C=O) groups is 2. The number of allylic oxidation sites excluding steroid dienone is 3. The lowest BCUT2D eigenvalue weighted by Crippen LogP contribution is -2.45. The van der Waals surface area contributed by atoms with Gasteiger partial charge in [0.1, 0.15) is 0 Å². The molecule has 0 heterocycles. The highest BCUT2D eigenvalue weighted by atomic mass is 16.5. The summed E-state index contributed by atoms with van der Waals surface area (Å²) in [6.45, 7) is 4.88. The van der Waals surface area contributed by atoms with Crippen molar-refractivity contribution >= 4 is 11.9 Å². The van der Waals surface area contributed by atoms with Crippen LogP contribution in [0.15, 0.2) is 24.3 Å². The summed E-state index contributed by atoms with van der Waals surface area (Å²) in [7, 11) is 0. The lowest BCUT2D eigenvalue weighted by Gasteiger charge is -2.20. The van der Waals surface area contributed by atoms with E-state index in [1.165, 1.54) is 263 Å². The first-order chi connectivity index (χ1) is 33.5. The van der Waals surface area contributed by atoms with Crippen molar-refractivity contribution in [3.05, 3.63) is 24.3 Å². The lowest BCUT2D eigenvalue weighted by atomic mass is 10.0. The molecule has 0 aromatic heterocycles. The summed E-state index contributed by atoms with van der Waals surface area (Å²) in [5.74, 6) is -0.0567. The van der Waals surface area contributed by atoms with Gasteiger partial charge in [-0.15, -0.1) is 0 Å². The van der Waals surface area contributed by atoms with Gasteiger partial charge in [0, 0.05) is 12.8 Å². The topological polar surface area (TPSA) is 95.9 Å². The zero-order valence-electron chi connectivity index (χ0n) is 45.9. The Hall–Kier alpha value is -1.66. The van der Waals surface area contributed by atoms with Crippen LogP contribution >= 0.6 is 0 Å². The minimum absolute atomic E-state index is 0.00915. The van der Waals surface area contributed by atoms with Crippen LogP contribution < -0.4 is 5.32 Å². The van der Waals surface area contributed by atoms with E-state index in [2.05, 4.69) is 31.3 Å². The summed E-state index contributed by atoms with van der Waals surface area (Å²) in [5.41, 5.74) is 0. The van der Waals surface area contributed by atoms with Gasteiger partial charge in [-0.05, 0) is 57.8 Å². The van der Waals surface area contributed by atoms with E-state index >= 15 is 0 Å². The van der Waals surface area contributed by atoms with Gasteiger partial charge in [-0.2, -0.15) is 0 Å². The fourth-order valence-corrected chi connectivity index (χ4v) is 9.51. The molecule has 0 aliphatic heterocycles. The molecule has 3 N–H and O–H groups in total. The van der Waals surface area contributed by atoms with Crippen molar-refractivity contribution < 1.29 is 24.5 Å². The smallest absolute Gasteiger partial charge is 0.305 e. The van der Waals surface area contributed by atoms with Crippen LogP contribution in [0.25, 0.3) is 0 Å². The molecule has 0 rings (SSSR count). The number of ether oxygens (including phenoxy) is 1. The average Bonchev–Trinajstić information content (AvgIpc) is 3.34. The highest BCUT2D eigenvalue weighted by Crippen LogP contribution is 2.18. The van der Waals surface area contributed by atoms with Gasteiger partial charge in [-0.3, -0.25) is 9.59 Å². The van der Waals surface area contributed by atoms with E-state index in [9.17, 15) is 19.8 Å². The molecule has 0 aliphatic carbocycles. The maximum atomic E-state index is 12.4. The Balaban J connectivity index is 3.33. The summed E-state index contributed by atoms with van der Waals surface area (Å²) < 4.78 is 5.47. The predicted octanol–water partition coefficient (Wildman–Crippen LogP) is 19.0. The summed E-state index contributed by atoms with van der Waals surface area (Å²) in [5, 5.41) is 23.0. The van der Waals surface area contributed by atoms with Gasteiger partial charge in [-0.25, -0.2) is 0 Å². The molecular weight excluding hydrogens is 839 g/mol. The normalized spacial score (nSPS) is 12.7. The number of hydrogen-bond acceptors (Lipinski definition) is 5. The standard InChI is InChI=1S/C62H119NO5/c1-3-5-7-9-11-13-15-32-36-40-44-48-52-56-62(67)68-57-53-49-45-41-37-34-31-29-27-25-23-21-19-17-16-18-20-22-24-26-28-30-33-35-39-43-47-51-55-61(66)63-59(58-64)60(65)54-50-46-42-38-14-12-10-8-6-4-2/h13,15,50,54,59-60,64-65H,3-12,14,16-49,51-53,55-58H2,1-2H3,(H,63,66)/b15-13-,54-50+. The molecule has 0 saturated heterocycles. The van der Waals surface area contributed by atoms with E-state index < -0.39 is 12.1 Å². The first-order valence-electron chi connectivity index (χ1n) is 30.6. The SMILES string of the molecule is CCCCCC/C=C\CCCCCCCC(=O)OCCCCCCCCCCCCCCCCCCCCCCCCCCCCCCC(=O)NC(CO)C(O)/C=C/CCCCCCCCCC. The molecule has 0 spiro atoms. The highest BCUT2D eigenvalue weighted by Gasteiger charge is 2.18. The molecule has 6 nitrogen and oxygen atoms in total. The van der Waals surface area contributed by atoms with E-state index in [1.54, 1.807) is 6.08 Å². The van der Waals surface area contributed by atoms with E-state index in [-0.39, 0.29) is 18.5 Å². The number of carbonyl (C=O) groups excluding carboxylic acids is 2. The van der Waals surface area contributed by atoms with Crippen molar-refractivity contribution in [2.24, 2.45) is 0 Å². The third-order valence-corrected chi connectivity index (χ3v) is 14.2. The van der Waals surface area contributed by atoms with Crippen LogP contribution in [0.2, 0.25) is 0 Å². The first kappa shape index (κ1) is 66.3. The van der Waals surface area contributed by atoms with Gasteiger partial charge in [0.2, 0.25) is 5.91 Å². The molecule has 0 aromatic carbocycles. The van der Waals surface area contributed by atoms with E-state index in [0.717, 1.165) is 44.9 Å². The lowest BCUT2D eigenvalue weighted by molar-refractivity contribution is -0.143. The molecule has 2 atom stereocenters. The molecule has 0 fully saturated rings. The third kappa shape index (κ3) is 53.7. The number of unbranched alkanes of at least 4 members (excludes halogenated alkanes) is 44. The van der Waals surface area contributed by atoms with E-state index in [4.69, 9.17) is 4.74 Å². The summed E-state index contributed by atoms with van der Waals surface area (Å²) in [6.07, 6.45) is 70.9. The molecule has 6 heteroatoms. The van der Waals surface area contributed by atoms with Crippen molar-refractivity contribution in [2.45, 2.75) is 347 Å². The van der Waals surface area contributed by atoms with Gasteiger partial charge in [0.05, 0.1) is 25.4 Å². The minimum atomic E-state index is -0.840. The average molecular weight is 959 g/mol. The zero-order valence-corrected chi connectivity index (χ0v) is 45.9. The van der Waals surface area contributed by atoms with Gasteiger partial charge in [0.25, 0.3) is 0 Å². The number of esters is 1. The van der Waals surface area contributed by atoms with Crippen LogP contribution in [-0.2, 0) is 14.3 Å². The molecule has 0 aromatic rings. The van der Waals surface area contributed by atoms with Crippen molar-refractivity contribution in [1.82, 2.24) is 5.32 Å². The second kappa shape index (κ2) is 57.9. The minimum Gasteiger partial charge on any atom is -0.466 e. The second-order valence-electron chi connectivity index (χ2n) is 21.0. The molecule has 1 amide bonds. The number of aliphatic hydroxyl groups excluding tert-OH is 2. The molecule has 2 unspecified atom stereocenters. The van der Waals surface area contributed by atoms with E-state index in [1.807, 2.05) is 6.08 Å². The van der Waals surface area contributed by atoms with Crippen LogP contribution in [0.3, 0.4) is 0 Å². The van der Waals surface area contributed by atoms with Crippen molar-refractivity contribution in [1.29, 1.82) is 0 Å². The summed E-state index contributed by atoms with van der Waals surface area (Å²) in [4.78, 5) is 24.4. The fraction of sp³-hybridized carbons (Fsp3) is 0.903. The Kier molecular flexibility index (Phi) is 56.5. The number of aliphatic hydroxyl groups is 2. The molecule has 0 aliphatic rings. The Morgan fingerprint density at radius 3 is 1.06 bits per heavy atom. The first-order valence-corrected chi connectivity index (χ1v) is 30.6. The van der Waals surface area contributed by atoms with E-state index in [0.29, 0.717) is 19.4 Å².